The van der Waals surface area contributed by atoms with Gasteiger partial charge in [-0.3, -0.25) is 9.36 Å². The zero-order valence-corrected chi connectivity index (χ0v) is 16.0. The van der Waals surface area contributed by atoms with Gasteiger partial charge in [0.25, 0.3) is 5.56 Å². The highest BCUT2D eigenvalue weighted by Crippen LogP contribution is 2.49. The van der Waals surface area contributed by atoms with Crippen molar-refractivity contribution >= 4 is 5.95 Å². The Morgan fingerprint density at radius 3 is 2.57 bits per heavy atom. The van der Waals surface area contributed by atoms with Gasteiger partial charge in [-0.25, -0.2) is 15.0 Å². The Morgan fingerprint density at radius 1 is 1.07 bits per heavy atom. The Balaban J connectivity index is 1.68. The average molecular weight is 373 g/mol. The second-order valence-electron chi connectivity index (χ2n) is 7.81. The summed E-state index contributed by atoms with van der Waals surface area (Å²) in [4.78, 5) is 28.6. The van der Waals surface area contributed by atoms with Gasteiger partial charge in [0, 0.05) is 24.3 Å². The highest BCUT2D eigenvalue weighted by Gasteiger charge is 2.48. The van der Waals surface area contributed by atoms with E-state index in [4.69, 9.17) is 4.98 Å². The largest absolute Gasteiger partial charge is 0.330 e. The van der Waals surface area contributed by atoms with E-state index < -0.39 is 0 Å². The van der Waals surface area contributed by atoms with Crippen LogP contribution in [0.2, 0.25) is 0 Å². The lowest BCUT2D eigenvalue weighted by molar-refractivity contribution is 0.167. The smallest absolute Gasteiger partial charge is 0.255 e. The first kappa shape index (κ1) is 17.1. The third-order valence-electron chi connectivity index (χ3n) is 6.31. The molecule has 0 saturated heterocycles. The van der Waals surface area contributed by atoms with E-state index >= 15 is 0 Å². The van der Waals surface area contributed by atoms with Crippen molar-refractivity contribution in [3.63, 3.8) is 0 Å². The molecular formula is C22H23N5O. The van der Waals surface area contributed by atoms with E-state index in [-0.39, 0.29) is 17.1 Å². The van der Waals surface area contributed by atoms with Crippen molar-refractivity contribution < 1.29 is 0 Å². The van der Waals surface area contributed by atoms with Crippen molar-refractivity contribution in [2.45, 2.75) is 50.7 Å². The fourth-order valence-electron chi connectivity index (χ4n) is 4.65. The van der Waals surface area contributed by atoms with Crippen LogP contribution in [-0.2, 0) is 6.54 Å². The Kier molecular flexibility index (Phi) is 4.00. The summed E-state index contributed by atoms with van der Waals surface area (Å²) in [5, 5.41) is 0. The first-order valence-electron chi connectivity index (χ1n) is 9.91. The number of hydrogen-bond acceptors (Lipinski definition) is 5. The molecule has 2 aromatic heterocycles. The van der Waals surface area contributed by atoms with Crippen molar-refractivity contribution in [1.29, 1.82) is 0 Å². The van der Waals surface area contributed by atoms with E-state index in [2.05, 4.69) is 46.1 Å². The van der Waals surface area contributed by atoms with Gasteiger partial charge in [-0.1, -0.05) is 30.3 Å². The molecule has 1 aliphatic carbocycles. The summed E-state index contributed by atoms with van der Waals surface area (Å²) in [6.07, 6.45) is 7.69. The van der Waals surface area contributed by atoms with Gasteiger partial charge in [-0.2, -0.15) is 0 Å². The number of aromatic nitrogens is 4. The predicted octanol–water partition coefficient (Wildman–Crippen LogP) is 3.59. The fraction of sp³-hybridized carbons (Fsp3) is 0.364. The van der Waals surface area contributed by atoms with E-state index in [1.165, 1.54) is 18.3 Å². The molecule has 1 spiro atoms. The van der Waals surface area contributed by atoms with Crippen LogP contribution in [0.1, 0.15) is 44.2 Å². The second-order valence-corrected chi connectivity index (χ2v) is 7.81. The van der Waals surface area contributed by atoms with E-state index in [0.29, 0.717) is 11.4 Å². The third-order valence-corrected chi connectivity index (χ3v) is 6.31. The molecule has 0 N–H and O–H groups in total. The minimum Gasteiger partial charge on any atom is -0.330 e. The van der Waals surface area contributed by atoms with Crippen molar-refractivity contribution in [2.24, 2.45) is 0 Å². The van der Waals surface area contributed by atoms with Gasteiger partial charge in [0.15, 0.2) is 0 Å². The Bertz CT molecular complexity index is 1040. The standard InChI is InChI=1S/C22H23N5O/c1-16(17-6-3-2-4-7-17)27-21-25-19(18-8-12-23-15-24-18)14-20(28)26(21)13-11-22(27)9-5-10-22/h2-4,6-8,12,14-16H,5,9-11,13H2,1H3. The van der Waals surface area contributed by atoms with E-state index in [9.17, 15) is 4.79 Å². The van der Waals surface area contributed by atoms with Crippen molar-refractivity contribution in [2.75, 3.05) is 4.90 Å². The van der Waals surface area contributed by atoms with Crippen LogP contribution in [0.5, 0.6) is 0 Å². The molecule has 0 radical (unpaired) electrons. The molecule has 1 saturated carbocycles. The number of nitrogens with zero attached hydrogens (tertiary/aromatic N) is 5. The van der Waals surface area contributed by atoms with Gasteiger partial charge in [-0.15, -0.1) is 0 Å². The van der Waals surface area contributed by atoms with Gasteiger partial charge in [-0.05, 0) is 44.2 Å². The maximum absolute atomic E-state index is 12.9. The van der Waals surface area contributed by atoms with Gasteiger partial charge < -0.3 is 4.90 Å². The molecule has 1 aliphatic heterocycles. The highest BCUT2D eigenvalue weighted by atomic mass is 16.1. The van der Waals surface area contributed by atoms with Crippen LogP contribution in [0.25, 0.3) is 11.4 Å². The number of benzene rings is 1. The summed E-state index contributed by atoms with van der Waals surface area (Å²) in [5.41, 5.74) is 2.61. The van der Waals surface area contributed by atoms with Gasteiger partial charge in [0.05, 0.1) is 17.4 Å². The molecule has 6 nitrogen and oxygen atoms in total. The molecule has 28 heavy (non-hydrogen) atoms. The molecular weight excluding hydrogens is 350 g/mol. The average Bonchev–Trinajstić information content (AvgIpc) is 2.72. The normalized spacial score (nSPS) is 18.4. The molecule has 2 aliphatic rings. The van der Waals surface area contributed by atoms with Crippen LogP contribution >= 0.6 is 0 Å². The van der Waals surface area contributed by atoms with Crippen LogP contribution in [0.4, 0.5) is 5.95 Å². The summed E-state index contributed by atoms with van der Waals surface area (Å²) < 4.78 is 1.83. The summed E-state index contributed by atoms with van der Waals surface area (Å²) in [6.45, 7) is 2.94. The number of anilines is 1. The third kappa shape index (κ3) is 2.63. The fourth-order valence-corrected chi connectivity index (χ4v) is 4.65. The molecule has 1 aromatic carbocycles. The molecule has 1 fully saturated rings. The van der Waals surface area contributed by atoms with Gasteiger partial charge >= 0.3 is 0 Å². The van der Waals surface area contributed by atoms with E-state index in [0.717, 1.165) is 31.8 Å². The van der Waals surface area contributed by atoms with Gasteiger partial charge in [0.2, 0.25) is 5.95 Å². The van der Waals surface area contributed by atoms with Crippen molar-refractivity contribution in [3.8, 4) is 11.4 Å². The van der Waals surface area contributed by atoms with Crippen LogP contribution in [0.3, 0.4) is 0 Å². The molecule has 3 heterocycles. The quantitative estimate of drug-likeness (QED) is 0.702. The highest BCUT2D eigenvalue weighted by molar-refractivity contribution is 5.57. The van der Waals surface area contributed by atoms with Crippen LogP contribution in [0.15, 0.2) is 59.8 Å². The minimum atomic E-state index is -0.0157. The zero-order chi connectivity index (χ0) is 19.1. The first-order chi connectivity index (χ1) is 13.7. The molecule has 6 heteroatoms. The van der Waals surface area contributed by atoms with Crippen molar-refractivity contribution in [3.05, 3.63) is 70.9 Å². The zero-order valence-electron chi connectivity index (χ0n) is 16.0. The van der Waals surface area contributed by atoms with Crippen LogP contribution in [-0.4, -0.2) is 25.1 Å². The summed E-state index contributed by atoms with van der Waals surface area (Å²) in [5.74, 6) is 0.767. The molecule has 3 aromatic rings. The summed E-state index contributed by atoms with van der Waals surface area (Å²) in [6, 6.07) is 14.0. The molecule has 142 valence electrons. The number of fused-ring (bicyclic) bond motifs is 1. The lowest BCUT2D eigenvalue weighted by atomic mass is 9.71. The maximum atomic E-state index is 12.9. The predicted molar refractivity (Wildman–Crippen MR) is 108 cm³/mol. The van der Waals surface area contributed by atoms with Crippen LogP contribution < -0.4 is 10.5 Å². The first-order valence-corrected chi connectivity index (χ1v) is 9.91. The van der Waals surface area contributed by atoms with Gasteiger partial charge in [0.1, 0.15) is 6.33 Å². The molecule has 0 bridgehead atoms. The number of rotatable bonds is 3. The number of hydrogen-bond donors (Lipinski definition) is 0. The molecule has 5 rings (SSSR count). The minimum absolute atomic E-state index is 0.0157. The Labute approximate surface area is 163 Å². The lowest BCUT2D eigenvalue weighted by Crippen LogP contribution is -2.60. The second kappa shape index (κ2) is 6.55. The van der Waals surface area contributed by atoms with E-state index in [1.54, 1.807) is 18.3 Å². The topological polar surface area (TPSA) is 63.9 Å². The SMILES string of the molecule is CC(c1ccccc1)N1c2nc(-c3ccncn3)cc(=O)n2CCC12CCC2. The lowest BCUT2D eigenvalue weighted by Gasteiger charge is -2.56. The molecule has 0 amide bonds. The van der Waals surface area contributed by atoms with E-state index in [1.807, 2.05) is 10.6 Å². The Hall–Kier alpha value is -3.02. The maximum Gasteiger partial charge on any atom is 0.255 e. The van der Waals surface area contributed by atoms with Crippen molar-refractivity contribution in [1.82, 2.24) is 19.5 Å². The molecule has 1 atom stereocenters. The Morgan fingerprint density at radius 2 is 1.89 bits per heavy atom. The molecule has 1 unspecified atom stereocenters. The summed E-state index contributed by atoms with van der Waals surface area (Å²) >= 11 is 0. The summed E-state index contributed by atoms with van der Waals surface area (Å²) in [7, 11) is 0. The monoisotopic (exact) mass is 373 g/mol. The van der Waals surface area contributed by atoms with Crippen LogP contribution in [0, 0.1) is 0 Å².